The summed E-state index contributed by atoms with van der Waals surface area (Å²) >= 11 is 0. The molecule has 21 nitrogen and oxygen atoms in total. The van der Waals surface area contributed by atoms with Crippen molar-refractivity contribution in [2.24, 2.45) is 0 Å². The van der Waals surface area contributed by atoms with Crippen LogP contribution in [-0.4, -0.2) is 160 Å². The fourth-order valence-corrected chi connectivity index (χ4v) is 13.3. The van der Waals surface area contributed by atoms with Gasteiger partial charge in [0.15, 0.2) is 16.9 Å². The molecule has 3 fully saturated rings. The number of fused-ring (bicyclic) bond motifs is 6. The van der Waals surface area contributed by atoms with Crippen LogP contribution in [0.3, 0.4) is 0 Å². The predicted molar refractivity (Wildman–Crippen MR) is 353 cm³/mol. The first-order valence-corrected chi connectivity index (χ1v) is 32.5. The van der Waals surface area contributed by atoms with Gasteiger partial charge in [-0.05, 0) is 197 Å². The highest BCUT2D eigenvalue weighted by Crippen LogP contribution is 2.35. The van der Waals surface area contributed by atoms with Gasteiger partial charge >= 0.3 is 0 Å². The number of aromatic nitrogens is 15. The Morgan fingerprint density at radius 3 is 1.15 bits per heavy atom. The first-order chi connectivity index (χ1) is 45.7. The minimum atomic E-state index is -0.342. The van der Waals surface area contributed by atoms with Gasteiger partial charge in [-0.1, -0.05) is 13.8 Å². The van der Waals surface area contributed by atoms with Crippen LogP contribution in [0, 0.1) is 49.6 Å². The molecule has 12 heterocycles. The number of likely N-dealkylation sites (tertiary alicyclic amines) is 2. The topological polar surface area (TPSA) is 251 Å². The quantitative estimate of drug-likeness (QED) is 0.0970. The molecule has 0 atom stereocenters. The van der Waals surface area contributed by atoms with Gasteiger partial charge in [-0.25, -0.2) is 41.7 Å². The molecule has 24 heteroatoms. The van der Waals surface area contributed by atoms with E-state index in [1.54, 1.807) is 25.8 Å². The zero-order valence-corrected chi connectivity index (χ0v) is 53.4. The van der Waals surface area contributed by atoms with Crippen LogP contribution >= 0.6 is 0 Å². The molecule has 0 saturated carbocycles. The van der Waals surface area contributed by atoms with E-state index in [1.165, 1.54) is 18.2 Å². The largest absolute Gasteiger partial charge is 0.396 e. The van der Waals surface area contributed by atoms with E-state index < -0.39 is 0 Å². The second kappa shape index (κ2) is 27.7. The van der Waals surface area contributed by atoms with Gasteiger partial charge in [0.2, 0.25) is 0 Å². The summed E-state index contributed by atoms with van der Waals surface area (Å²) in [5.41, 5.74) is 14.8. The lowest BCUT2D eigenvalue weighted by Gasteiger charge is -2.30. The Morgan fingerprint density at radius 1 is 0.468 bits per heavy atom. The summed E-state index contributed by atoms with van der Waals surface area (Å²) in [7, 11) is 0. The van der Waals surface area contributed by atoms with Crippen molar-refractivity contribution in [2.45, 2.75) is 110 Å². The van der Waals surface area contributed by atoms with Gasteiger partial charge < -0.3 is 25.3 Å². The van der Waals surface area contributed by atoms with Crippen molar-refractivity contribution >= 4 is 49.7 Å². The molecule has 0 aliphatic carbocycles. The Bertz CT molecular complexity index is 4810. The molecule has 15 rings (SSSR count). The van der Waals surface area contributed by atoms with Gasteiger partial charge in [-0.3, -0.25) is 0 Å². The SMILES string of the molecule is CCN1CCC(c2cc3c(F)cc(-c4cc(CC#N)c5nc(C)cn5n4)cc3nn2)CC1.CCN1CCC(c2cc3c(F)cc(-c4cc(CCO)c5nc(C)cn5n4)cc3nn2)CC1.Cc1cn2nc(-c3cc(F)c4cc(C5CCNCC5)nnc4c3)cc(CCO)c2n1. The summed E-state index contributed by atoms with van der Waals surface area (Å²) < 4.78 is 50.5. The number of hydrogen-bond donors (Lipinski definition) is 3. The van der Waals surface area contributed by atoms with Crippen LogP contribution in [-0.2, 0) is 19.3 Å². The summed E-state index contributed by atoms with van der Waals surface area (Å²) in [6, 6.07) is 23.2. The zero-order valence-electron chi connectivity index (χ0n) is 53.4. The third-order valence-corrected chi connectivity index (χ3v) is 18.5. The number of halogens is 3. The molecule has 94 heavy (non-hydrogen) atoms. The monoisotopic (exact) mass is 1270 g/mol. The van der Waals surface area contributed by atoms with Crippen molar-refractivity contribution in [3.8, 4) is 39.8 Å². The maximum atomic E-state index is 15.2. The summed E-state index contributed by atoms with van der Waals surface area (Å²) in [5, 5.41) is 73.0. The number of hydrogen-bond acceptors (Lipinski definition) is 18. The molecule has 12 aromatic rings. The van der Waals surface area contributed by atoms with Crippen LogP contribution in [0.1, 0.15) is 121 Å². The second-order valence-electron chi connectivity index (χ2n) is 24.8. The van der Waals surface area contributed by atoms with E-state index in [2.05, 4.69) is 95.9 Å². The van der Waals surface area contributed by atoms with Crippen molar-refractivity contribution < 1.29 is 23.4 Å². The van der Waals surface area contributed by atoms with Gasteiger partial charge in [0.05, 0.1) is 98.9 Å². The standard InChI is InChI=1S/C24H24FN7.C24H27FN6O.C22H23FN6O/c1-3-31-8-5-16(6-9-31)21-13-19-20(25)10-18(12-23(19)29-28-21)22-11-17(4-7-26)24-27-15(2)14-32(24)30-22;1-3-30-7-4-16(5-8-30)21-13-19-20(25)10-18(12-23(19)28-27-21)22-11-17(6-9-32)24-26-15(2)14-31(24)29-22;1-13-12-29-22(25-13)15(4-7-30)9-20(28-29)16-8-18(23)17-11-19(26-27-21(17)10-16)14-2-5-24-6-3-14/h10-14,16H,3-6,8-9H2,1-2H3;10-14,16,32H,3-9H2,1-2H3;8-12,14,24,30H,2-7H2,1H3. The number of nitriles is 1. The van der Waals surface area contributed by atoms with Crippen molar-refractivity contribution in [3.63, 3.8) is 0 Å². The van der Waals surface area contributed by atoms with Crippen LogP contribution < -0.4 is 5.32 Å². The lowest BCUT2D eigenvalue weighted by Crippen LogP contribution is -2.32. The highest BCUT2D eigenvalue weighted by atomic mass is 19.1. The third-order valence-electron chi connectivity index (χ3n) is 18.5. The minimum Gasteiger partial charge on any atom is -0.396 e. The number of piperidine rings is 3. The van der Waals surface area contributed by atoms with Gasteiger partial charge in [0.25, 0.3) is 0 Å². The molecule has 3 aliphatic rings. The zero-order chi connectivity index (χ0) is 65.1. The highest BCUT2D eigenvalue weighted by molar-refractivity contribution is 5.87. The molecule has 3 saturated heterocycles. The van der Waals surface area contributed by atoms with Crippen LogP contribution in [0.2, 0.25) is 0 Å². The normalized spacial score (nSPS) is 15.5. The summed E-state index contributed by atoms with van der Waals surface area (Å²) in [5.74, 6) is -0.0479. The van der Waals surface area contributed by atoms with Crippen LogP contribution in [0.4, 0.5) is 13.2 Å². The minimum absolute atomic E-state index is 0.00203. The van der Waals surface area contributed by atoms with E-state index in [0.717, 1.165) is 142 Å². The van der Waals surface area contributed by atoms with E-state index >= 15 is 13.2 Å². The van der Waals surface area contributed by atoms with E-state index in [0.29, 0.717) is 114 Å². The van der Waals surface area contributed by atoms with Crippen LogP contribution in [0.15, 0.2) is 91.4 Å². The fourth-order valence-electron chi connectivity index (χ4n) is 13.3. The number of aliphatic hydroxyl groups excluding tert-OH is 2. The molecule has 3 aliphatic heterocycles. The van der Waals surface area contributed by atoms with Crippen LogP contribution in [0.5, 0.6) is 0 Å². The van der Waals surface area contributed by atoms with Gasteiger partial charge in [0.1, 0.15) is 17.5 Å². The summed E-state index contributed by atoms with van der Waals surface area (Å²) in [4.78, 5) is 18.3. The number of aryl methyl sites for hydroxylation is 3. The first kappa shape index (κ1) is 63.4. The molecule has 0 spiro atoms. The van der Waals surface area contributed by atoms with E-state index in [4.69, 9.17) is 0 Å². The maximum absolute atomic E-state index is 15.2. The number of nitrogens with zero attached hydrogens (tertiary/aromatic N) is 18. The van der Waals surface area contributed by atoms with Gasteiger partial charge in [-0.2, -0.15) is 51.2 Å². The first-order valence-electron chi connectivity index (χ1n) is 32.5. The van der Waals surface area contributed by atoms with Crippen molar-refractivity contribution in [2.75, 3.05) is 65.6 Å². The molecule has 0 unspecified atom stereocenters. The molecule has 0 amide bonds. The number of rotatable bonds is 13. The van der Waals surface area contributed by atoms with E-state index in [1.807, 2.05) is 81.7 Å². The second-order valence-corrected chi connectivity index (χ2v) is 24.8. The molecule has 0 radical (unpaired) electrons. The van der Waals surface area contributed by atoms with E-state index in [-0.39, 0.29) is 37.1 Å². The van der Waals surface area contributed by atoms with Crippen molar-refractivity contribution in [1.82, 2.24) is 89.5 Å². The average Bonchev–Trinajstić information content (AvgIpc) is 1.21. The third kappa shape index (κ3) is 13.4. The average molecular weight is 1270 g/mol. The maximum Gasteiger partial charge on any atom is 0.158 e. The van der Waals surface area contributed by atoms with E-state index in [9.17, 15) is 15.5 Å². The summed E-state index contributed by atoms with van der Waals surface area (Å²) in [6.45, 7) is 18.2. The Balaban J connectivity index is 0.000000128. The smallest absolute Gasteiger partial charge is 0.158 e. The van der Waals surface area contributed by atoms with Crippen molar-refractivity contribution in [1.29, 1.82) is 5.26 Å². The Hall–Kier alpha value is -9.38. The molecule has 0 bridgehead atoms. The Kier molecular flexibility index (Phi) is 18.7. The molecule has 3 aromatic carbocycles. The molecule has 9 aromatic heterocycles. The molecular formula is C70H74F3N19O2. The Labute approximate surface area is 540 Å². The molecule has 482 valence electrons. The predicted octanol–water partition coefficient (Wildman–Crippen LogP) is 10.4. The Morgan fingerprint density at radius 2 is 0.809 bits per heavy atom. The van der Waals surface area contributed by atoms with Gasteiger partial charge in [-0.15, -0.1) is 0 Å². The number of benzene rings is 3. The lowest BCUT2D eigenvalue weighted by atomic mass is 9.92. The lowest BCUT2D eigenvalue weighted by molar-refractivity contribution is 0.220. The van der Waals surface area contributed by atoms with Gasteiger partial charge in [0, 0.05) is 80.5 Å². The summed E-state index contributed by atoms with van der Waals surface area (Å²) in [6.07, 6.45) is 12.6. The highest BCUT2D eigenvalue weighted by Gasteiger charge is 2.26. The van der Waals surface area contributed by atoms with Crippen LogP contribution in [0.25, 0.3) is 83.4 Å². The molecular weight excluding hydrogens is 1200 g/mol. The number of imidazole rings is 3. The molecule has 3 N–H and O–H groups in total. The van der Waals surface area contributed by atoms with Crippen molar-refractivity contribution in [3.05, 3.63) is 160 Å². The number of aliphatic hydroxyl groups is 2. The number of nitrogens with one attached hydrogen (secondary N) is 1. The fraction of sp³-hybridized carbons (Fsp3) is 0.386.